The smallest absolute Gasteiger partial charge is 0.0811 e. The van der Waals surface area contributed by atoms with Crippen LogP contribution in [0.3, 0.4) is 0 Å². The van der Waals surface area contributed by atoms with Crippen LogP contribution in [-0.2, 0) is 0 Å². The molecule has 3 rings (SSSR count). The molecule has 0 amide bonds. The van der Waals surface area contributed by atoms with Crippen LogP contribution in [0.25, 0.3) is 0 Å². The Bertz CT molecular complexity index is 643. The van der Waals surface area contributed by atoms with Gasteiger partial charge in [0.15, 0.2) is 0 Å². The average molecular weight is 401 g/mol. The van der Waals surface area contributed by atoms with Crippen LogP contribution in [-0.4, -0.2) is 22.4 Å². The Balaban J connectivity index is 1.71. The second kappa shape index (κ2) is 9.52. The van der Waals surface area contributed by atoms with Crippen molar-refractivity contribution < 1.29 is 10.2 Å². The molecule has 29 heavy (non-hydrogen) atoms. The van der Waals surface area contributed by atoms with Crippen molar-refractivity contribution in [1.29, 1.82) is 0 Å². The normalized spacial score (nSPS) is 39.3. The van der Waals surface area contributed by atoms with Crippen LogP contribution >= 0.6 is 0 Å². The molecule has 164 valence electrons. The van der Waals surface area contributed by atoms with Crippen LogP contribution < -0.4 is 0 Å². The van der Waals surface area contributed by atoms with E-state index in [0.717, 1.165) is 28.9 Å². The van der Waals surface area contributed by atoms with E-state index in [0.29, 0.717) is 24.2 Å². The van der Waals surface area contributed by atoms with Gasteiger partial charge in [-0.3, -0.25) is 0 Å². The summed E-state index contributed by atoms with van der Waals surface area (Å²) in [5.41, 5.74) is 3.88. The van der Waals surface area contributed by atoms with Crippen LogP contribution in [0.5, 0.6) is 0 Å². The van der Waals surface area contributed by atoms with Gasteiger partial charge in [-0.2, -0.15) is 0 Å². The van der Waals surface area contributed by atoms with Gasteiger partial charge in [0.25, 0.3) is 0 Å². The maximum atomic E-state index is 10.1. The van der Waals surface area contributed by atoms with Gasteiger partial charge in [-0.05, 0) is 78.8 Å². The molecule has 0 aromatic heterocycles. The molecular formula is C27H44O2. The lowest BCUT2D eigenvalue weighted by Crippen LogP contribution is -2.36. The van der Waals surface area contributed by atoms with E-state index < -0.39 is 12.2 Å². The maximum absolute atomic E-state index is 10.1. The lowest BCUT2D eigenvalue weighted by Gasteiger charge is -2.44. The molecule has 2 nitrogen and oxygen atoms in total. The van der Waals surface area contributed by atoms with Crippen molar-refractivity contribution in [2.75, 3.05) is 0 Å². The van der Waals surface area contributed by atoms with Gasteiger partial charge in [0.2, 0.25) is 0 Å². The van der Waals surface area contributed by atoms with E-state index in [-0.39, 0.29) is 0 Å². The highest BCUT2D eigenvalue weighted by Gasteiger charge is 2.50. The highest BCUT2D eigenvalue weighted by molar-refractivity contribution is 5.38. The van der Waals surface area contributed by atoms with Gasteiger partial charge in [-0.1, -0.05) is 71.3 Å². The number of hydrogen-bond donors (Lipinski definition) is 2. The Morgan fingerprint density at radius 1 is 1.14 bits per heavy atom. The van der Waals surface area contributed by atoms with Crippen molar-refractivity contribution in [3.63, 3.8) is 0 Å². The minimum absolute atomic E-state index is 0.420. The standard InChI is InChI=1S/C27H44O2/c1-18(2)8-6-9-19(3)24-13-14-25-21(10-7-15-27(24,25)5)11-12-22-16-23(28)17-26(29)20(22)4/h11-12,18-19,23-26,28-29H,4,6-10,13-17H2,1-3,5H3/t19-,23+,24?,25+,26+,27-/m1/s1. The van der Waals surface area contributed by atoms with Gasteiger partial charge in [-0.15, -0.1) is 0 Å². The minimum Gasteiger partial charge on any atom is -0.393 e. The van der Waals surface area contributed by atoms with E-state index in [9.17, 15) is 10.2 Å². The average Bonchev–Trinajstić information content (AvgIpc) is 3.00. The Hall–Kier alpha value is -0.860. The summed E-state index contributed by atoms with van der Waals surface area (Å²) in [6, 6.07) is 0. The largest absolute Gasteiger partial charge is 0.393 e. The fourth-order valence-corrected chi connectivity index (χ4v) is 6.73. The molecule has 1 unspecified atom stereocenters. The predicted molar refractivity (Wildman–Crippen MR) is 123 cm³/mol. The molecule has 0 radical (unpaired) electrons. The molecule has 0 aliphatic heterocycles. The van der Waals surface area contributed by atoms with Crippen LogP contribution in [0.2, 0.25) is 0 Å². The highest BCUT2D eigenvalue weighted by atomic mass is 16.3. The van der Waals surface area contributed by atoms with Crippen LogP contribution in [0, 0.1) is 29.1 Å². The quantitative estimate of drug-likeness (QED) is 0.528. The Labute approximate surface area is 179 Å². The zero-order valence-corrected chi connectivity index (χ0v) is 19.3. The van der Waals surface area contributed by atoms with Gasteiger partial charge in [0.05, 0.1) is 12.2 Å². The van der Waals surface area contributed by atoms with Crippen molar-refractivity contribution in [1.82, 2.24) is 0 Å². The number of aliphatic hydroxyl groups excluding tert-OH is 2. The summed E-state index contributed by atoms with van der Waals surface area (Å²) in [7, 11) is 0. The van der Waals surface area contributed by atoms with E-state index in [2.05, 4.69) is 46.4 Å². The summed E-state index contributed by atoms with van der Waals surface area (Å²) in [4.78, 5) is 0. The first kappa shape index (κ1) is 22.8. The molecule has 3 fully saturated rings. The first-order chi connectivity index (χ1) is 13.7. The molecule has 0 saturated heterocycles. The number of rotatable bonds is 6. The summed E-state index contributed by atoms with van der Waals surface area (Å²) >= 11 is 0. The first-order valence-electron chi connectivity index (χ1n) is 12.2. The topological polar surface area (TPSA) is 40.5 Å². The molecule has 6 atom stereocenters. The predicted octanol–water partition coefficient (Wildman–Crippen LogP) is 6.59. The van der Waals surface area contributed by atoms with Crippen molar-refractivity contribution >= 4 is 0 Å². The second-order valence-electron chi connectivity index (χ2n) is 11.0. The second-order valence-corrected chi connectivity index (χ2v) is 11.0. The van der Waals surface area contributed by atoms with Crippen molar-refractivity contribution in [3.05, 3.63) is 35.5 Å². The molecule has 2 N–H and O–H groups in total. The third-order valence-electron chi connectivity index (χ3n) is 8.43. The lowest BCUT2D eigenvalue weighted by molar-refractivity contribution is 0.0861. The Kier molecular flexibility index (Phi) is 7.49. The van der Waals surface area contributed by atoms with Crippen molar-refractivity contribution in [2.24, 2.45) is 29.1 Å². The zero-order chi connectivity index (χ0) is 21.2. The molecular weight excluding hydrogens is 356 g/mol. The van der Waals surface area contributed by atoms with E-state index in [1.165, 1.54) is 51.4 Å². The van der Waals surface area contributed by atoms with Crippen molar-refractivity contribution in [3.8, 4) is 0 Å². The Morgan fingerprint density at radius 3 is 2.62 bits per heavy atom. The van der Waals surface area contributed by atoms with Crippen LogP contribution in [0.1, 0.15) is 91.9 Å². The zero-order valence-electron chi connectivity index (χ0n) is 19.3. The molecule has 3 aliphatic rings. The number of fused-ring (bicyclic) bond motifs is 1. The number of hydrogen-bond acceptors (Lipinski definition) is 2. The van der Waals surface area contributed by atoms with Gasteiger partial charge in [0.1, 0.15) is 0 Å². The van der Waals surface area contributed by atoms with Crippen LogP contribution in [0.4, 0.5) is 0 Å². The minimum atomic E-state index is -0.595. The van der Waals surface area contributed by atoms with E-state index in [4.69, 9.17) is 0 Å². The molecule has 3 aliphatic carbocycles. The lowest BCUT2D eigenvalue weighted by atomic mass is 9.60. The molecule has 0 spiro atoms. The number of aliphatic hydroxyl groups is 2. The molecule has 0 heterocycles. The number of allylic oxidation sites excluding steroid dienone is 3. The summed E-state index contributed by atoms with van der Waals surface area (Å²) in [5.74, 6) is 3.20. The SMILES string of the molecule is C=C1C(=CC=C2CCC[C@]3(C)C([C@H](C)CCCC(C)C)CC[C@@H]23)C[C@H](O)C[C@@H]1O. The van der Waals surface area contributed by atoms with E-state index in [1.807, 2.05) is 0 Å². The van der Waals surface area contributed by atoms with Crippen molar-refractivity contribution in [2.45, 2.75) is 104 Å². The highest BCUT2D eigenvalue weighted by Crippen LogP contribution is 2.59. The third-order valence-corrected chi connectivity index (χ3v) is 8.43. The van der Waals surface area contributed by atoms with Gasteiger partial charge in [0, 0.05) is 6.42 Å². The fourth-order valence-electron chi connectivity index (χ4n) is 6.73. The Morgan fingerprint density at radius 2 is 1.90 bits per heavy atom. The van der Waals surface area contributed by atoms with Gasteiger partial charge < -0.3 is 10.2 Å². The fraction of sp³-hybridized carbons (Fsp3) is 0.778. The summed E-state index contributed by atoms with van der Waals surface area (Å²) < 4.78 is 0. The molecule has 3 saturated carbocycles. The van der Waals surface area contributed by atoms with Gasteiger partial charge >= 0.3 is 0 Å². The van der Waals surface area contributed by atoms with E-state index >= 15 is 0 Å². The summed E-state index contributed by atoms with van der Waals surface area (Å²) in [5, 5.41) is 20.2. The summed E-state index contributed by atoms with van der Waals surface area (Å²) in [6.45, 7) is 13.8. The first-order valence-corrected chi connectivity index (χ1v) is 12.2. The van der Waals surface area contributed by atoms with Gasteiger partial charge in [-0.25, -0.2) is 0 Å². The molecule has 0 aromatic carbocycles. The maximum Gasteiger partial charge on any atom is 0.0811 e. The van der Waals surface area contributed by atoms with E-state index in [1.54, 1.807) is 5.57 Å². The molecule has 2 heteroatoms. The molecule has 0 bridgehead atoms. The monoisotopic (exact) mass is 400 g/mol. The molecule has 0 aromatic rings. The summed E-state index contributed by atoms with van der Waals surface area (Å²) in [6.07, 6.45) is 15.2. The van der Waals surface area contributed by atoms with Crippen LogP contribution in [0.15, 0.2) is 35.5 Å². The third kappa shape index (κ3) is 5.07.